The van der Waals surface area contributed by atoms with Crippen molar-refractivity contribution in [1.29, 1.82) is 0 Å². The molecule has 1 amide bonds. The number of piperidine rings is 1. The largest absolute Gasteiger partial charge is 0.495 e. The maximum absolute atomic E-state index is 12.2. The van der Waals surface area contributed by atoms with Crippen LogP contribution in [-0.4, -0.2) is 44.2 Å². The number of aromatic nitrogens is 1. The normalized spacial score (nSPS) is 18.4. The van der Waals surface area contributed by atoms with Gasteiger partial charge >= 0.3 is 0 Å². The molecule has 6 nitrogen and oxygen atoms in total. The number of hydrogen-bond acceptors (Lipinski definition) is 6. The van der Waals surface area contributed by atoms with Gasteiger partial charge in [-0.25, -0.2) is 4.98 Å². The number of thiazole rings is 1. The van der Waals surface area contributed by atoms with Gasteiger partial charge < -0.3 is 19.7 Å². The number of carbonyl (C=O) groups is 1. The molecule has 1 aliphatic heterocycles. The summed E-state index contributed by atoms with van der Waals surface area (Å²) in [7, 11) is 3.35. The molecule has 1 saturated heterocycles. The quantitative estimate of drug-likeness (QED) is 0.818. The molecule has 0 radical (unpaired) electrons. The maximum atomic E-state index is 12.2. The molecule has 4 rings (SSSR count). The van der Waals surface area contributed by atoms with E-state index in [2.05, 4.69) is 10.2 Å². The van der Waals surface area contributed by atoms with E-state index in [0.29, 0.717) is 18.4 Å². The molecule has 2 aliphatic rings. The minimum Gasteiger partial charge on any atom is -0.495 e. The molecule has 0 bridgehead atoms. The number of methoxy groups -OCH3 is 2. The van der Waals surface area contributed by atoms with Crippen LogP contribution in [0.4, 0.5) is 5.13 Å². The zero-order valence-corrected chi connectivity index (χ0v) is 16.8. The highest BCUT2D eigenvalue weighted by Gasteiger charge is 2.26. The molecule has 2 aromatic rings. The SMILES string of the molecule is COc1ccc(OC)c2sc(N3CCC(CC(=O)NC4CCC4)CC3)nc12. The van der Waals surface area contributed by atoms with Gasteiger partial charge in [-0.2, -0.15) is 0 Å². The van der Waals surface area contributed by atoms with Crippen molar-refractivity contribution < 1.29 is 14.3 Å². The average Bonchev–Trinajstić information content (AvgIpc) is 3.10. The average molecular weight is 390 g/mol. The second kappa shape index (κ2) is 7.92. The number of fused-ring (bicyclic) bond motifs is 1. The Labute approximate surface area is 163 Å². The van der Waals surface area contributed by atoms with Crippen molar-refractivity contribution in [2.45, 2.75) is 44.6 Å². The number of benzene rings is 1. The van der Waals surface area contributed by atoms with Gasteiger partial charge in [0, 0.05) is 25.6 Å². The van der Waals surface area contributed by atoms with Crippen LogP contribution >= 0.6 is 11.3 Å². The van der Waals surface area contributed by atoms with Gasteiger partial charge in [0.1, 0.15) is 21.7 Å². The van der Waals surface area contributed by atoms with E-state index in [0.717, 1.165) is 65.6 Å². The molecule has 1 aromatic heterocycles. The molecule has 2 fully saturated rings. The van der Waals surface area contributed by atoms with Crippen LogP contribution in [0.1, 0.15) is 38.5 Å². The van der Waals surface area contributed by atoms with Crippen LogP contribution in [0.5, 0.6) is 11.5 Å². The van der Waals surface area contributed by atoms with E-state index < -0.39 is 0 Å². The van der Waals surface area contributed by atoms with Crippen LogP contribution in [0.25, 0.3) is 10.2 Å². The molecule has 27 heavy (non-hydrogen) atoms. The Morgan fingerprint density at radius 1 is 1.19 bits per heavy atom. The van der Waals surface area contributed by atoms with Crippen molar-refractivity contribution in [3.8, 4) is 11.5 Å². The molecule has 1 N–H and O–H groups in total. The van der Waals surface area contributed by atoms with E-state index in [1.54, 1.807) is 25.6 Å². The summed E-state index contributed by atoms with van der Waals surface area (Å²) in [4.78, 5) is 19.3. The Balaban J connectivity index is 1.39. The van der Waals surface area contributed by atoms with Gasteiger partial charge in [-0.05, 0) is 50.2 Å². The molecule has 1 aliphatic carbocycles. The number of anilines is 1. The van der Waals surface area contributed by atoms with Crippen LogP contribution in [0.3, 0.4) is 0 Å². The number of rotatable bonds is 6. The molecule has 1 aromatic carbocycles. The van der Waals surface area contributed by atoms with Gasteiger partial charge in [-0.15, -0.1) is 0 Å². The molecule has 0 spiro atoms. The lowest BCUT2D eigenvalue weighted by atomic mass is 9.91. The van der Waals surface area contributed by atoms with Crippen LogP contribution in [0, 0.1) is 5.92 Å². The predicted molar refractivity (Wildman–Crippen MR) is 108 cm³/mol. The number of nitrogens with one attached hydrogen (secondary N) is 1. The fraction of sp³-hybridized carbons (Fsp3) is 0.600. The first-order chi connectivity index (χ1) is 13.2. The van der Waals surface area contributed by atoms with E-state index in [9.17, 15) is 4.79 Å². The van der Waals surface area contributed by atoms with E-state index in [1.807, 2.05) is 12.1 Å². The first kappa shape index (κ1) is 18.3. The van der Waals surface area contributed by atoms with Gasteiger partial charge in [-0.1, -0.05) is 11.3 Å². The minimum absolute atomic E-state index is 0.229. The third kappa shape index (κ3) is 3.83. The van der Waals surface area contributed by atoms with Crippen LogP contribution in [0.15, 0.2) is 12.1 Å². The number of carbonyl (C=O) groups excluding carboxylic acids is 1. The van der Waals surface area contributed by atoms with Crippen molar-refractivity contribution in [3.05, 3.63) is 12.1 Å². The summed E-state index contributed by atoms with van der Waals surface area (Å²) in [6.45, 7) is 1.87. The second-order valence-electron chi connectivity index (χ2n) is 7.47. The van der Waals surface area contributed by atoms with E-state index in [1.165, 1.54) is 6.42 Å². The highest BCUT2D eigenvalue weighted by Crippen LogP contribution is 2.41. The molecular formula is C20H27N3O3S. The third-order valence-electron chi connectivity index (χ3n) is 5.73. The molecule has 0 atom stereocenters. The highest BCUT2D eigenvalue weighted by molar-refractivity contribution is 7.22. The Kier molecular flexibility index (Phi) is 5.38. The Hall–Kier alpha value is -2.02. The maximum Gasteiger partial charge on any atom is 0.220 e. The molecule has 146 valence electrons. The van der Waals surface area contributed by atoms with Crippen LogP contribution in [0.2, 0.25) is 0 Å². The van der Waals surface area contributed by atoms with Crippen LogP contribution in [-0.2, 0) is 4.79 Å². The lowest BCUT2D eigenvalue weighted by Gasteiger charge is -2.32. The zero-order chi connectivity index (χ0) is 18.8. The van der Waals surface area contributed by atoms with Gasteiger partial charge in [0.25, 0.3) is 0 Å². The Morgan fingerprint density at radius 2 is 1.89 bits per heavy atom. The fourth-order valence-corrected chi connectivity index (χ4v) is 4.97. The van der Waals surface area contributed by atoms with Crippen molar-refractivity contribution in [3.63, 3.8) is 0 Å². The second-order valence-corrected chi connectivity index (χ2v) is 8.45. The highest BCUT2D eigenvalue weighted by atomic mass is 32.1. The summed E-state index contributed by atoms with van der Waals surface area (Å²) in [6, 6.07) is 4.26. The Morgan fingerprint density at radius 3 is 2.52 bits per heavy atom. The first-order valence-electron chi connectivity index (χ1n) is 9.73. The molecule has 0 unspecified atom stereocenters. The summed E-state index contributed by atoms with van der Waals surface area (Å²) in [5.41, 5.74) is 0.860. The summed E-state index contributed by atoms with van der Waals surface area (Å²) < 4.78 is 12.0. The van der Waals surface area contributed by atoms with Gasteiger partial charge in [0.15, 0.2) is 5.13 Å². The third-order valence-corrected chi connectivity index (χ3v) is 6.86. The topological polar surface area (TPSA) is 63.7 Å². The van der Waals surface area contributed by atoms with Crippen molar-refractivity contribution >= 4 is 32.6 Å². The smallest absolute Gasteiger partial charge is 0.220 e. The predicted octanol–water partition coefficient (Wildman–Crippen LogP) is 3.59. The van der Waals surface area contributed by atoms with E-state index in [-0.39, 0.29) is 5.91 Å². The van der Waals surface area contributed by atoms with E-state index in [4.69, 9.17) is 14.5 Å². The van der Waals surface area contributed by atoms with Crippen molar-refractivity contribution in [1.82, 2.24) is 10.3 Å². The Bertz CT molecular complexity index is 769. The monoisotopic (exact) mass is 389 g/mol. The minimum atomic E-state index is 0.229. The molecule has 7 heteroatoms. The summed E-state index contributed by atoms with van der Waals surface area (Å²) in [5, 5.41) is 4.16. The lowest BCUT2D eigenvalue weighted by molar-refractivity contribution is -0.123. The molecule has 1 saturated carbocycles. The lowest BCUT2D eigenvalue weighted by Crippen LogP contribution is -2.41. The molecule has 2 heterocycles. The van der Waals surface area contributed by atoms with Crippen molar-refractivity contribution in [2.75, 3.05) is 32.2 Å². The van der Waals surface area contributed by atoms with Gasteiger partial charge in [0.05, 0.1) is 14.2 Å². The van der Waals surface area contributed by atoms with Gasteiger partial charge in [0.2, 0.25) is 5.91 Å². The zero-order valence-electron chi connectivity index (χ0n) is 16.0. The molecular weight excluding hydrogens is 362 g/mol. The summed E-state index contributed by atoms with van der Waals surface area (Å²) in [6.07, 6.45) is 6.26. The first-order valence-corrected chi connectivity index (χ1v) is 10.6. The van der Waals surface area contributed by atoms with Crippen molar-refractivity contribution in [2.24, 2.45) is 5.92 Å². The number of ether oxygens (including phenoxy) is 2. The van der Waals surface area contributed by atoms with Gasteiger partial charge in [-0.3, -0.25) is 4.79 Å². The summed E-state index contributed by atoms with van der Waals surface area (Å²) in [5.74, 6) is 2.31. The number of nitrogens with zero attached hydrogens (tertiary/aromatic N) is 2. The number of hydrogen-bond donors (Lipinski definition) is 1. The van der Waals surface area contributed by atoms with Crippen LogP contribution < -0.4 is 19.7 Å². The number of amides is 1. The standard InChI is InChI=1S/C20H27N3O3S/c1-25-15-6-7-16(26-2)19-18(15)22-20(27-19)23-10-8-13(9-11-23)12-17(24)21-14-4-3-5-14/h6-7,13-14H,3-5,8-12H2,1-2H3,(H,21,24). The van der Waals surface area contributed by atoms with E-state index >= 15 is 0 Å². The summed E-state index contributed by atoms with van der Waals surface area (Å²) >= 11 is 1.65. The fourth-order valence-electron chi connectivity index (χ4n) is 3.84.